The highest BCUT2D eigenvalue weighted by Crippen LogP contribution is 2.30. The third kappa shape index (κ3) is 4.22. The molecule has 0 bridgehead atoms. The predicted octanol–water partition coefficient (Wildman–Crippen LogP) is 4.44. The number of aromatic nitrogens is 1. The number of allylic oxidation sites excluding steroid dienone is 1. The first-order chi connectivity index (χ1) is 11.6. The van der Waals surface area contributed by atoms with Crippen LogP contribution in [-0.2, 0) is 11.2 Å². The van der Waals surface area contributed by atoms with E-state index in [1.54, 1.807) is 13.1 Å². The summed E-state index contributed by atoms with van der Waals surface area (Å²) in [6.07, 6.45) is 7.26. The summed E-state index contributed by atoms with van der Waals surface area (Å²) in [5.41, 5.74) is 2.16. The van der Waals surface area contributed by atoms with Crippen LogP contribution >= 0.6 is 0 Å². The van der Waals surface area contributed by atoms with Crippen molar-refractivity contribution in [2.75, 3.05) is 6.61 Å². The zero-order valence-electron chi connectivity index (χ0n) is 14.0. The number of nitrogens with zero attached hydrogens (tertiary/aromatic N) is 1. The Morgan fingerprint density at radius 3 is 3.00 bits per heavy atom. The van der Waals surface area contributed by atoms with Gasteiger partial charge in [0.05, 0.1) is 6.61 Å². The summed E-state index contributed by atoms with van der Waals surface area (Å²) in [4.78, 5) is 15.4. The van der Waals surface area contributed by atoms with E-state index < -0.39 is 0 Å². The van der Waals surface area contributed by atoms with Gasteiger partial charge in [-0.1, -0.05) is 19.1 Å². The maximum Gasteiger partial charge on any atom is 0.219 e. The lowest BCUT2D eigenvalue weighted by Crippen LogP contribution is -1.97. The standard InChI is InChI=1S/C20H21NO3/c1-14(11-15(2)22)3-4-16-5-8-20(21-13-16)24-18-6-7-19-17(12-18)9-10-23-19/h3-8,12-14H,9-11H2,1-2H3/b4-3+/t14-/m0/s1. The third-order valence-electron chi connectivity index (χ3n) is 3.87. The Balaban J connectivity index is 1.62. The maximum atomic E-state index is 11.1. The van der Waals surface area contributed by atoms with Gasteiger partial charge < -0.3 is 14.3 Å². The molecule has 24 heavy (non-hydrogen) atoms. The maximum absolute atomic E-state index is 11.1. The molecule has 4 heteroatoms. The molecular formula is C20H21NO3. The average Bonchev–Trinajstić information content (AvgIpc) is 3.01. The number of rotatable bonds is 6. The van der Waals surface area contributed by atoms with Crippen molar-refractivity contribution in [1.82, 2.24) is 4.98 Å². The van der Waals surface area contributed by atoms with E-state index in [1.165, 1.54) is 5.56 Å². The summed E-state index contributed by atoms with van der Waals surface area (Å²) in [7, 11) is 0. The first-order valence-corrected chi connectivity index (χ1v) is 8.17. The molecule has 0 amide bonds. The number of hydrogen-bond donors (Lipinski definition) is 0. The molecule has 0 fully saturated rings. The summed E-state index contributed by atoms with van der Waals surface area (Å²) in [5, 5.41) is 0. The summed E-state index contributed by atoms with van der Waals surface area (Å²) in [5.74, 6) is 2.70. The van der Waals surface area contributed by atoms with E-state index in [1.807, 2.05) is 49.4 Å². The molecular weight excluding hydrogens is 302 g/mol. The van der Waals surface area contributed by atoms with Crippen LogP contribution in [-0.4, -0.2) is 17.4 Å². The monoisotopic (exact) mass is 323 g/mol. The Morgan fingerprint density at radius 2 is 2.25 bits per heavy atom. The molecule has 124 valence electrons. The SMILES string of the molecule is CC(=O)C[C@@H](C)/C=C/c1ccc(Oc2ccc3c(c2)CCO3)nc1. The van der Waals surface area contributed by atoms with Crippen molar-refractivity contribution in [2.45, 2.75) is 26.7 Å². The van der Waals surface area contributed by atoms with E-state index in [9.17, 15) is 4.79 Å². The van der Waals surface area contributed by atoms with Gasteiger partial charge in [-0.15, -0.1) is 0 Å². The number of ketones is 1. The van der Waals surface area contributed by atoms with Crippen molar-refractivity contribution in [3.05, 3.63) is 53.7 Å². The molecule has 0 saturated heterocycles. The molecule has 0 unspecified atom stereocenters. The highest BCUT2D eigenvalue weighted by atomic mass is 16.5. The van der Waals surface area contributed by atoms with Gasteiger partial charge in [0.15, 0.2) is 0 Å². The number of benzene rings is 1. The largest absolute Gasteiger partial charge is 0.493 e. The Bertz CT molecular complexity index is 750. The molecule has 3 rings (SSSR count). The van der Waals surface area contributed by atoms with Crippen molar-refractivity contribution in [3.63, 3.8) is 0 Å². The normalized spacial score (nSPS) is 14.2. The van der Waals surface area contributed by atoms with Crippen LogP contribution in [0.5, 0.6) is 17.4 Å². The van der Waals surface area contributed by atoms with Gasteiger partial charge in [-0.25, -0.2) is 4.98 Å². The molecule has 0 spiro atoms. The molecule has 0 saturated carbocycles. The molecule has 0 N–H and O–H groups in total. The molecule has 4 nitrogen and oxygen atoms in total. The number of ether oxygens (including phenoxy) is 2. The highest BCUT2D eigenvalue weighted by Gasteiger charge is 2.12. The van der Waals surface area contributed by atoms with Crippen LogP contribution in [0.1, 0.15) is 31.4 Å². The van der Waals surface area contributed by atoms with Gasteiger partial charge in [-0.05, 0) is 42.7 Å². The van der Waals surface area contributed by atoms with Gasteiger partial charge in [-0.2, -0.15) is 0 Å². The van der Waals surface area contributed by atoms with Gasteiger partial charge in [0, 0.05) is 30.7 Å². The van der Waals surface area contributed by atoms with Gasteiger partial charge in [0.1, 0.15) is 17.3 Å². The van der Waals surface area contributed by atoms with Crippen molar-refractivity contribution >= 4 is 11.9 Å². The van der Waals surface area contributed by atoms with Gasteiger partial charge in [-0.3, -0.25) is 0 Å². The Morgan fingerprint density at radius 1 is 1.38 bits per heavy atom. The molecule has 1 aromatic carbocycles. The molecule has 2 heterocycles. The van der Waals surface area contributed by atoms with Crippen LogP contribution < -0.4 is 9.47 Å². The first kappa shape index (κ1) is 16.2. The second-order valence-corrected chi connectivity index (χ2v) is 6.14. The molecule has 1 atom stereocenters. The highest BCUT2D eigenvalue weighted by molar-refractivity contribution is 5.76. The summed E-state index contributed by atoms with van der Waals surface area (Å²) in [6, 6.07) is 9.63. The van der Waals surface area contributed by atoms with Gasteiger partial charge in [0.2, 0.25) is 5.88 Å². The van der Waals surface area contributed by atoms with Crippen molar-refractivity contribution in [2.24, 2.45) is 5.92 Å². The Hall–Kier alpha value is -2.62. The second-order valence-electron chi connectivity index (χ2n) is 6.14. The van der Waals surface area contributed by atoms with Crippen LogP contribution in [0.2, 0.25) is 0 Å². The predicted molar refractivity (Wildman–Crippen MR) is 93.4 cm³/mol. The average molecular weight is 323 g/mol. The van der Waals surface area contributed by atoms with Crippen molar-refractivity contribution in [1.29, 1.82) is 0 Å². The van der Waals surface area contributed by atoms with E-state index >= 15 is 0 Å². The Kier molecular flexibility index (Phi) is 4.94. The summed E-state index contributed by atoms with van der Waals surface area (Å²) >= 11 is 0. The number of Topliss-reactive ketones (excluding diaryl/α,β-unsaturated/α-hetero) is 1. The fourth-order valence-corrected chi connectivity index (χ4v) is 2.69. The number of fused-ring (bicyclic) bond motifs is 1. The van der Waals surface area contributed by atoms with Crippen LogP contribution in [0.4, 0.5) is 0 Å². The van der Waals surface area contributed by atoms with Crippen LogP contribution in [0.3, 0.4) is 0 Å². The zero-order chi connectivity index (χ0) is 16.9. The second kappa shape index (κ2) is 7.30. The quantitative estimate of drug-likeness (QED) is 0.788. The van der Waals surface area contributed by atoms with Crippen LogP contribution in [0.15, 0.2) is 42.6 Å². The van der Waals surface area contributed by atoms with E-state index in [-0.39, 0.29) is 11.7 Å². The van der Waals surface area contributed by atoms with E-state index in [0.717, 1.165) is 30.1 Å². The number of carbonyl (C=O) groups is 1. The zero-order valence-corrected chi connectivity index (χ0v) is 14.0. The first-order valence-electron chi connectivity index (χ1n) is 8.17. The van der Waals surface area contributed by atoms with Crippen LogP contribution in [0, 0.1) is 5.92 Å². The number of pyridine rings is 1. The number of carbonyl (C=O) groups excluding carboxylic acids is 1. The van der Waals surface area contributed by atoms with Crippen LogP contribution in [0.25, 0.3) is 6.08 Å². The van der Waals surface area contributed by atoms with Gasteiger partial charge >= 0.3 is 0 Å². The number of hydrogen-bond acceptors (Lipinski definition) is 4. The van der Waals surface area contributed by atoms with E-state index in [4.69, 9.17) is 9.47 Å². The lowest BCUT2D eigenvalue weighted by atomic mass is 10.0. The fourth-order valence-electron chi connectivity index (χ4n) is 2.69. The van der Waals surface area contributed by atoms with E-state index in [2.05, 4.69) is 4.98 Å². The smallest absolute Gasteiger partial charge is 0.219 e. The fraction of sp³-hybridized carbons (Fsp3) is 0.300. The molecule has 1 aliphatic heterocycles. The van der Waals surface area contributed by atoms with Gasteiger partial charge in [0.25, 0.3) is 0 Å². The lowest BCUT2D eigenvalue weighted by molar-refractivity contribution is -0.117. The summed E-state index contributed by atoms with van der Waals surface area (Å²) < 4.78 is 11.3. The molecule has 0 radical (unpaired) electrons. The summed E-state index contributed by atoms with van der Waals surface area (Å²) in [6.45, 7) is 4.38. The molecule has 1 aromatic heterocycles. The third-order valence-corrected chi connectivity index (χ3v) is 3.87. The minimum atomic E-state index is 0.203. The molecule has 1 aliphatic rings. The van der Waals surface area contributed by atoms with Crippen molar-refractivity contribution in [3.8, 4) is 17.4 Å². The van der Waals surface area contributed by atoms with E-state index in [0.29, 0.717) is 12.3 Å². The molecule has 2 aromatic rings. The minimum Gasteiger partial charge on any atom is -0.493 e. The minimum absolute atomic E-state index is 0.203. The topological polar surface area (TPSA) is 48.4 Å². The lowest BCUT2D eigenvalue weighted by Gasteiger charge is -2.06. The van der Waals surface area contributed by atoms with Crippen molar-refractivity contribution < 1.29 is 14.3 Å². The Labute approximate surface area is 142 Å². The molecule has 0 aliphatic carbocycles.